The average Bonchev–Trinajstić information content (AvgIpc) is 3.52. The molecule has 8 heteroatoms. The van der Waals surface area contributed by atoms with Crippen LogP contribution in [0.15, 0.2) is 48.5 Å². The highest BCUT2D eigenvalue weighted by molar-refractivity contribution is 5.94. The van der Waals surface area contributed by atoms with Crippen LogP contribution in [0.1, 0.15) is 45.7 Å². The Morgan fingerprint density at radius 3 is 2.48 bits per heavy atom. The van der Waals surface area contributed by atoms with Crippen LogP contribution in [0.2, 0.25) is 0 Å². The summed E-state index contributed by atoms with van der Waals surface area (Å²) in [4.78, 5) is 25.7. The van der Waals surface area contributed by atoms with E-state index in [-0.39, 0.29) is 23.5 Å². The second kappa shape index (κ2) is 8.29. The molecule has 1 aliphatic rings. The molecule has 1 fully saturated rings. The van der Waals surface area contributed by atoms with Crippen molar-refractivity contribution in [2.75, 3.05) is 0 Å². The second-order valence-corrected chi connectivity index (χ2v) is 7.93. The van der Waals surface area contributed by atoms with Gasteiger partial charge in [0.05, 0.1) is 11.5 Å². The molecule has 1 amide bonds. The standard InChI is InChI=1S/C23H23FN4O3/c1-15-22(28(30)31)16(2)27(25-15)14-17-6-8-19(9-7-17)23(29)26(21-10-11-21)13-18-4-3-5-20(24)12-18/h3-9,12,21H,10-11,13-14H2,1-2H3. The number of benzene rings is 2. The fourth-order valence-electron chi connectivity index (χ4n) is 3.78. The number of rotatable bonds is 7. The topological polar surface area (TPSA) is 81.3 Å². The quantitative estimate of drug-likeness (QED) is 0.417. The van der Waals surface area contributed by atoms with Crippen LogP contribution >= 0.6 is 0 Å². The molecule has 31 heavy (non-hydrogen) atoms. The molecule has 4 rings (SSSR count). The summed E-state index contributed by atoms with van der Waals surface area (Å²) in [6.07, 6.45) is 1.91. The maximum absolute atomic E-state index is 13.5. The molecule has 0 radical (unpaired) electrons. The van der Waals surface area contributed by atoms with E-state index in [9.17, 15) is 19.3 Å². The molecule has 0 spiro atoms. The van der Waals surface area contributed by atoms with Gasteiger partial charge in [-0.05, 0) is 62.1 Å². The van der Waals surface area contributed by atoms with E-state index in [4.69, 9.17) is 0 Å². The molecular formula is C23H23FN4O3. The molecule has 0 bridgehead atoms. The van der Waals surface area contributed by atoms with E-state index in [0.717, 1.165) is 24.0 Å². The molecule has 0 aliphatic heterocycles. The second-order valence-electron chi connectivity index (χ2n) is 7.93. The minimum Gasteiger partial charge on any atom is -0.331 e. The number of amides is 1. The average molecular weight is 422 g/mol. The molecule has 0 N–H and O–H groups in total. The van der Waals surface area contributed by atoms with E-state index < -0.39 is 4.92 Å². The summed E-state index contributed by atoms with van der Waals surface area (Å²) in [6, 6.07) is 13.7. The zero-order valence-corrected chi connectivity index (χ0v) is 17.4. The van der Waals surface area contributed by atoms with E-state index in [1.165, 1.54) is 12.1 Å². The first-order valence-corrected chi connectivity index (χ1v) is 10.2. The number of carbonyl (C=O) groups excluding carboxylic acids is 1. The van der Waals surface area contributed by atoms with Crippen LogP contribution in [0.25, 0.3) is 0 Å². The zero-order valence-electron chi connectivity index (χ0n) is 17.4. The van der Waals surface area contributed by atoms with Crippen molar-refractivity contribution in [3.05, 3.63) is 92.5 Å². The summed E-state index contributed by atoms with van der Waals surface area (Å²) in [5.74, 6) is -0.394. The highest BCUT2D eigenvalue weighted by Crippen LogP contribution is 2.30. The predicted molar refractivity (Wildman–Crippen MR) is 113 cm³/mol. The van der Waals surface area contributed by atoms with Crippen molar-refractivity contribution in [2.24, 2.45) is 0 Å². The normalized spacial score (nSPS) is 13.3. The van der Waals surface area contributed by atoms with E-state index in [0.29, 0.717) is 30.0 Å². The van der Waals surface area contributed by atoms with Crippen LogP contribution in [0, 0.1) is 29.8 Å². The molecule has 1 heterocycles. The summed E-state index contributed by atoms with van der Waals surface area (Å²) in [6.45, 7) is 4.05. The molecule has 1 aliphatic carbocycles. The predicted octanol–water partition coefficient (Wildman–Crippen LogP) is 4.40. The fourth-order valence-corrected chi connectivity index (χ4v) is 3.78. The Morgan fingerprint density at radius 2 is 1.90 bits per heavy atom. The molecule has 0 saturated heterocycles. The first kappa shape index (κ1) is 20.7. The van der Waals surface area contributed by atoms with E-state index in [1.54, 1.807) is 41.6 Å². The van der Waals surface area contributed by atoms with Crippen molar-refractivity contribution in [2.45, 2.75) is 45.8 Å². The lowest BCUT2D eigenvalue weighted by Crippen LogP contribution is -2.32. The van der Waals surface area contributed by atoms with Gasteiger partial charge >= 0.3 is 5.69 Å². The Labute approximate surface area is 179 Å². The van der Waals surface area contributed by atoms with Crippen molar-refractivity contribution in [1.29, 1.82) is 0 Å². The van der Waals surface area contributed by atoms with Gasteiger partial charge in [0.25, 0.3) is 5.91 Å². The maximum atomic E-state index is 13.5. The van der Waals surface area contributed by atoms with Gasteiger partial charge in [0.15, 0.2) is 0 Å². The van der Waals surface area contributed by atoms with Gasteiger partial charge in [-0.2, -0.15) is 5.10 Å². The van der Waals surface area contributed by atoms with Gasteiger partial charge in [-0.1, -0.05) is 24.3 Å². The Morgan fingerprint density at radius 1 is 1.19 bits per heavy atom. The number of aryl methyl sites for hydroxylation is 1. The minimum atomic E-state index is -0.416. The maximum Gasteiger partial charge on any atom is 0.312 e. The van der Waals surface area contributed by atoms with Gasteiger partial charge in [0.2, 0.25) is 0 Å². The van der Waals surface area contributed by atoms with E-state index in [1.807, 2.05) is 18.2 Å². The highest BCUT2D eigenvalue weighted by Gasteiger charge is 2.33. The molecule has 0 atom stereocenters. The van der Waals surface area contributed by atoms with Crippen LogP contribution in [0.4, 0.5) is 10.1 Å². The number of aromatic nitrogens is 2. The van der Waals surface area contributed by atoms with Crippen LogP contribution in [0.3, 0.4) is 0 Å². The summed E-state index contributed by atoms with van der Waals surface area (Å²) in [5, 5.41) is 15.5. The number of carbonyl (C=O) groups is 1. The molecule has 2 aromatic carbocycles. The molecule has 0 unspecified atom stereocenters. The molecule has 7 nitrogen and oxygen atoms in total. The van der Waals surface area contributed by atoms with Gasteiger partial charge in [-0.15, -0.1) is 0 Å². The van der Waals surface area contributed by atoms with Crippen LogP contribution in [-0.2, 0) is 13.1 Å². The van der Waals surface area contributed by atoms with Gasteiger partial charge in [0, 0.05) is 18.2 Å². The van der Waals surface area contributed by atoms with Crippen LogP contribution < -0.4 is 0 Å². The number of halogens is 1. The highest BCUT2D eigenvalue weighted by atomic mass is 19.1. The van der Waals surface area contributed by atoms with Gasteiger partial charge in [-0.25, -0.2) is 4.39 Å². The number of hydrogen-bond donors (Lipinski definition) is 0. The third-order valence-corrected chi connectivity index (χ3v) is 5.55. The lowest BCUT2D eigenvalue weighted by molar-refractivity contribution is -0.386. The molecule has 1 aromatic heterocycles. The fraction of sp³-hybridized carbons (Fsp3) is 0.304. The number of hydrogen-bond acceptors (Lipinski definition) is 4. The number of nitro groups is 1. The summed E-state index contributed by atoms with van der Waals surface area (Å²) >= 11 is 0. The molecular weight excluding hydrogens is 399 g/mol. The molecule has 1 saturated carbocycles. The van der Waals surface area contributed by atoms with Crippen molar-refractivity contribution < 1.29 is 14.1 Å². The van der Waals surface area contributed by atoms with Crippen molar-refractivity contribution in [3.63, 3.8) is 0 Å². The summed E-state index contributed by atoms with van der Waals surface area (Å²) in [5.41, 5.74) is 3.13. The van der Waals surface area contributed by atoms with Crippen molar-refractivity contribution in [3.8, 4) is 0 Å². The lowest BCUT2D eigenvalue weighted by Gasteiger charge is -2.23. The zero-order chi connectivity index (χ0) is 22.1. The minimum absolute atomic E-state index is 0.0317. The summed E-state index contributed by atoms with van der Waals surface area (Å²) < 4.78 is 15.1. The largest absolute Gasteiger partial charge is 0.331 e. The van der Waals surface area contributed by atoms with Gasteiger partial charge in [0.1, 0.15) is 17.2 Å². The third kappa shape index (κ3) is 4.47. The first-order chi connectivity index (χ1) is 14.8. The van der Waals surface area contributed by atoms with Crippen LogP contribution in [0.5, 0.6) is 0 Å². The molecule has 160 valence electrons. The Kier molecular flexibility index (Phi) is 5.54. The van der Waals surface area contributed by atoms with Gasteiger partial charge in [-0.3, -0.25) is 19.6 Å². The Bertz CT molecular complexity index is 1140. The number of nitrogens with zero attached hydrogens (tertiary/aromatic N) is 4. The lowest BCUT2D eigenvalue weighted by atomic mass is 10.1. The summed E-state index contributed by atoms with van der Waals surface area (Å²) in [7, 11) is 0. The Balaban J connectivity index is 1.50. The Hall–Kier alpha value is -3.55. The van der Waals surface area contributed by atoms with Crippen molar-refractivity contribution in [1.82, 2.24) is 14.7 Å². The third-order valence-electron chi connectivity index (χ3n) is 5.55. The van der Waals surface area contributed by atoms with Crippen LogP contribution in [-0.4, -0.2) is 31.6 Å². The first-order valence-electron chi connectivity index (χ1n) is 10.2. The van der Waals surface area contributed by atoms with E-state index in [2.05, 4.69) is 5.10 Å². The SMILES string of the molecule is Cc1nn(Cc2ccc(C(=O)N(Cc3cccc(F)c3)C3CC3)cc2)c(C)c1[N+](=O)[O-]. The van der Waals surface area contributed by atoms with Gasteiger partial charge < -0.3 is 4.90 Å². The molecule has 3 aromatic rings. The van der Waals surface area contributed by atoms with E-state index >= 15 is 0 Å². The smallest absolute Gasteiger partial charge is 0.312 e. The van der Waals surface area contributed by atoms with Crippen molar-refractivity contribution >= 4 is 11.6 Å². The monoisotopic (exact) mass is 422 g/mol.